The zero-order valence-corrected chi connectivity index (χ0v) is 16.3. The van der Waals surface area contributed by atoms with E-state index in [0.29, 0.717) is 26.2 Å². The molecule has 1 aliphatic heterocycles. The highest BCUT2D eigenvalue weighted by atomic mass is 32.1. The van der Waals surface area contributed by atoms with Crippen molar-refractivity contribution in [1.29, 1.82) is 0 Å². The summed E-state index contributed by atoms with van der Waals surface area (Å²) in [5, 5.41) is 8.81. The lowest BCUT2D eigenvalue weighted by Crippen LogP contribution is -2.49. The first-order chi connectivity index (χ1) is 12.3. The Morgan fingerprint density at radius 1 is 1.35 bits per heavy atom. The molecule has 0 radical (unpaired) electrons. The Balaban J connectivity index is 1.82. The third-order valence-corrected chi connectivity index (χ3v) is 5.29. The molecule has 26 heavy (non-hydrogen) atoms. The maximum atomic E-state index is 12.4. The summed E-state index contributed by atoms with van der Waals surface area (Å²) >= 11 is 1.59. The number of aliphatic carboxylic acids is 1. The van der Waals surface area contributed by atoms with Crippen LogP contribution in [0.3, 0.4) is 0 Å². The van der Waals surface area contributed by atoms with Crippen molar-refractivity contribution in [3.63, 3.8) is 0 Å². The number of thiophene rings is 1. The number of hydrogen-bond acceptors (Lipinski definition) is 6. The van der Waals surface area contributed by atoms with Crippen molar-refractivity contribution in [1.82, 2.24) is 9.80 Å². The lowest BCUT2D eigenvalue weighted by atomic mass is 10.1. The lowest BCUT2D eigenvalue weighted by Gasteiger charge is -2.34. The number of amides is 1. The van der Waals surface area contributed by atoms with Crippen LogP contribution in [0.2, 0.25) is 0 Å². The Kier molecular flexibility index (Phi) is 7.31. The van der Waals surface area contributed by atoms with E-state index >= 15 is 0 Å². The molecule has 0 spiro atoms. The Morgan fingerprint density at radius 2 is 2.08 bits per heavy atom. The van der Waals surface area contributed by atoms with Gasteiger partial charge in [0.15, 0.2) is 5.78 Å². The summed E-state index contributed by atoms with van der Waals surface area (Å²) in [6, 6.07) is 1.88. The number of morpholine rings is 1. The minimum Gasteiger partial charge on any atom is -0.480 e. The second-order valence-corrected chi connectivity index (χ2v) is 8.13. The Hall–Kier alpha value is -1.77. The molecule has 1 aromatic heterocycles. The molecular weight excluding hydrogens is 356 g/mol. The zero-order chi connectivity index (χ0) is 19.3. The first-order valence-electron chi connectivity index (χ1n) is 8.66. The molecule has 1 atom stereocenters. The molecule has 0 aliphatic carbocycles. The van der Waals surface area contributed by atoms with Gasteiger partial charge in [0.25, 0.3) is 0 Å². The first kappa shape index (κ1) is 20.5. The van der Waals surface area contributed by atoms with Gasteiger partial charge in [0.2, 0.25) is 5.91 Å². The van der Waals surface area contributed by atoms with E-state index in [9.17, 15) is 14.4 Å². The van der Waals surface area contributed by atoms with Crippen LogP contribution in [0, 0.1) is 13.8 Å². The van der Waals surface area contributed by atoms with E-state index in [1.807, 2.05) is 19.9 Å². The highest BCUT2D eigenvalue weighted by molar-refractivity contribution is 7.12. The summed E-state index contributed by atoms with van der Waals surface area (Å²) in [6.07, 6.45) is 0.177. The highest BCUT2D eigenvalue weighted by Gasteiger charge is 2.26. The van der Waals surface area contributed by atoms with Gasteiger partial charge >= 0.3 is 5.97 Å². The standard InChI is InChI=1S/C18H26N2O5S/c1-12-8-15(13(2)26-12)16(21)4-5-17(22)20-6-7-25-14(10-20)9-19(3)11-18(23)24/h8,14H,4-7,9-11H2,1-3H3,(H,23,24). The molecule has 2 rings (SSSR count). The monoisotopic (exact) mass is 382 g/mol. The van der Waals surface area contributed by atoms with Gasteiger partial charge in [0.1, 0.15) is 0 Å². The number of ether oxygens (including phenoxy) is 1. The van der Waals surface area contributed by atoms with Gasteiger partial charge < -0.3 is 14.7 Å². The van der Waals surface area contributed by atoms with Crippen LogP contribution in [0.25, 0.3) is 0 Å². The van der Waals surface area contributed by atoms with E-state index in [4.69, 9.17) is 9.84 Å². The quantitative estimate of drug-likeness (QED) is 0.687. The summed E-state index contributed by atoms with van der Waals surface area (Å²) < 4.78 is 5.63. The largest absolute Gasteiger partial charge is 0.480 e. The molecule has 0 bridgehead atoms. The van der Waals surface area contributed by atoms with Crippen LogP contribution in [0.5, 0.6) is 0 Å². The van der Waals surface area contributed by atoms with E-state index in [-0.39, 0.29) is 37.2 Å². The minimum absolute atomic E-state index is 0.00574. The summed E-state index contributed by atoms with van der Waals surface area (Å²) in [6.45, 7) is 5.62. The van der Waals surface area contributed by atoms with Crippen LogP contribution in [0.1, 0.15) is 33.0 Å². The lowest BCUT2D eigenvalue weighted by molar-refractivity contribution is -0.142. The van der Waals surface area contributed by atoms with Crippen molar-refractivity contribution < 1.29 is 24.2 Å². The molecule has 144 valence electrons. The zero-order valence-electron chi connectivity index (χ0n) is 15.5. The highest BCUT2D eigenvalue weighted by Crippen LogP contribution is 2.22. The SMILES string of the molecule is Cc1cc(C(=O)CCC(=O)N2CCOC(CN(C)CC(=O)O)C2)c(C)s1. The average molecular weight is 382 g/mol. The van der Waals surface area contributed by atoms with E-state index < -0.39 is 5.97 Å². The molecular formula is C18H26N2O5S. The molecule has 1 aliphatic rings. The third-order valence-electron chi connectivity index (χ3n) is 4.32. The van der Waals surface area contributed by atoms with E-state index in [1.165, 1.54) is 0 Å². The fraction of sp³-hybridized carbons (Fsp3) is 0.611. The molecule has 8 heteroatoms. The fourth-order valence-electron chi connectivity index (χ4n) is 3.12. The van der Waals surface area contributed by atoms with E-state index in [0.717, 1.165) is 15.3 Å². The minimum atomic E-state index is -0.895. The molecule has 7 nitrogen and oxygen atoms in total. The van der Waals surface area contributed by atoms with Crippen LogP contribution in [0.15, 0.2) is 6.07 Å². The van der Waals surface area contributed by atoms with Crippen molar-refractivity contribution in [3.05, 3.63) is 21.4 Å². The number of carbonyl (C=O) groups excluding carboxylic acids is 2. The van der Waals surface area contributed by atoms with Crippen LogP contribution in [0.4, 0.5) is 0 Å². The van der Waals surface area contributed by atoms with Gasteiger partial charge in [0.05, 0.1) is 19.3 Å². The number of Topliss-reactive ketones (excluding diaryl/α,β-unsaturated/α-hetero) is 1. The average Bonchev–Trinajstić information content (AvgIpc) is 2.90. The van der Waals surface area contributed by atoms with Crippen LogP contribution >= 0.6 is 11.3 Å². The summed E-state index contributed by atoms with van der Waals surface area (Å²) in [5.74, 6) is -0.947. The summed E-state index contributed by atoms with van der Waals surface area (Å²) in [4.78, 5) is 41.0. The predicted octanol–water partition coefficient (Wildman–Crippen LogP) is 1.57. The third kappa shape index (κ3) is 5.89. The number of hydrogen-bond donors (Lipinski definition) is 1. The molecule has 2 heterocycles. The van der Waals surface area contributed by atoms with Gasteiger partial charge in [-0.3, -0.25) is 19.3 Å². The van der Waals surface area contributed by atoms with Crippen molar-refractivity contribution in [2.45, 2.75) is 32.8 Å². The van der Waals surface area contributed by atoms with Gasteiger partial charge in [0, 0.05) is 47.8 Å². The molecule has 1 unspecified atom stereocenters. The number of carboxylic acids is 1. The normalized spacial score (nSPS) is 17.5. The molecule has 0 aromatic carbocycles. The van der Waals surface area contributed by atoms with E-state index in [1.54, 1.807) is 28.2 Å². The maximum absolute atomic E-state index is 12.4. The summed E-state index contributed by atoms with van der Waals surface area (Å²) in [5.41, 5.74) is 0.718. The van der Waals surface area contributed by atoms with Crippen LogP contribution < -0.4 is 0 Å². The Morgan fingerprint density at radius 3 is 2.69 bits per heavy atom. The molecule has 1 fully saturated rings. The predicted molar refractivity (Wildman–Crippen MR) is 98.8 cm³/mol. The Labute approximate surface area is 157 Å². The van der Waals surface area contributed by atoms with Crippen LogP contribution in [-0.2, 0) is 14.3 Å². The topological polar surface area (TPSA) is 87.2 Å². The second kappa shape index (κ2) is 9.25. The number of carboxylic acid groups (broad SMARTS) is 1. The Bertz CT molecular complexity index is 673. The van der Waals surface area contributed by atoms with Crippen molar-refractivity contribution in [2.75, 3.05) is 39.8 Å². The molecule has 0 saturated carbocycles. The smallest absolute Gasteiger partial charge is 0.317 e. The summed E-state index contributed by atoms with van der Waals surface area (Å²) in [7, 11) is 1.71. The number of ketones is 1. The maximum Gasteiger partial charge on any atom is 0.317 e. The number of likely N-dealkylation sites (N-methyl/N-ethyl adjacent to an activating group) is 1. The van der Waals surface area contributed by atoms with Gasteiger partial charge in [-0.15, -0.1) is 11.3 Å². The molecule has 1 amide bonds. The fourth-order valence-corrected chi connectivity index (χ4v) is 4.06. The number of nitrogens with zero attached hydrogens (tertiary/aromatic N) is 2. The van der Waals surface area contributed by atoms with Crippen molar-refractivity contribution in [2.24, 2.45) is 0 Å². The number of carbonyl (C=O) groups is 3. The first-order valence-corrected chi connectivity index (χ1v) is 9.48. The van der Waals surface area contributed by atoms with Crippen molar-refractivity contribution in [3.8, 4) is 0 Å². The number of aryl methyl sites for hydroxylation is 2. The molecule has 1 saturated heterocycles. The van der Waals surface area contributed by atoms with Gasteiger partial charge in [-0.05, 0) is 27.0 Å². The second-order valence-electron chi connectivity index (χ2n) is 6.67. The van der Waals surface area contributed by atoms with Gasteiger partial charge in [-0.2, -0.15) is 0 Å². The molecule has 1 N–H and O–H groups in total. The van der Waals surface area contributed by atoms with Crippen molar-refractivity contribution >= 4 is 29.0 Å². The molecule has 1 aromatic rings. The van der Waals surface area contributed by atoms with Gasteiger partial charge in [-0.25, -0.2) is 0 Å². The van der Waals surface area contributed by atoms with Gasteiger partial charge in [-0.1, -0.05) is 0 Å². The van der Waals surface area contributed by atoms with Crippen LogP contribution in [-0.4, -0.2) is 78.5 Å². The van der Waals surface area contributed by atoms with E-state index in [2.05, 4.69) is 0 Å². The number of rotatable bonds is 8.